The van der Waals surface area contributed by atoms with E-state index >= 15 is 0 Å². The summed E-state index contributed by atoms with van der Waals surface area (Å²) in [5.41, 5.74) is 0. The van der Waals surface area contributed by atoms with E-state index in [2.05, 4.69) is 155 Å². The molecule has 0 bridgehead atoms. The summed E-state index contributed by atoms with van der Waals surface area (Å²) in [6.45, 7) is 19.5. The van der Waals surface area contributed by atoms with Crippen molar-refractivity contribution in [1.29, 1.82) is 5.26 Å². The first-order valence-electron chi connectivity index (χ1n) is 11.4. The fourth-order valence-corrected chi connectivity index (χ4v) is 5.98. The van der Waals surface area contributed by atoms with Gasteiger partial charge in [-0.05, 0) is 50.4 Å². The molecule has 0 N–H and O–H groups in total. The van der Waals surface area contributed by atoms with E-state index in [-0.39, 0.29) is 32.9 Å². The molecule has 0 aliphatic rings. The third-order valence-electron chi connectivity index (χ3n) is 4.57. The van der Waals surface area contributed by atoms with Crippen LogP contribution in [-0.4, -0.2) is 13.3 Å². The quantitative estimate of drug-likeness (QED) is 0.136. The Kier molecular flexibility index (Phi) is 35.0. The van der Waals surface area contributed by atoms with Crippen molar-refractivity contribution in [3.05, 3.63) is 141 Å². The van der Waals surface area contributed by atoms with Gasteiger partial charge in [0, 0.05) is 24.0 Å². The molecule has 43 heavy (non-hydrogen) atoms. The van der Waals surface area contributed by atoms with Gasteiger partial charge in [0.25, 0.3) is 0 Å². The molecule has 12 heteroatoms. The van der Waals surface area contributed by atoms with E-state index < -0.39 is 10.2 Å². The van der Waals surface area contributed by atoms with E-state index in [1.807, 2.05) is 0 Å². The van der Waals surface area contributed by atoms with Crippen molar-refractivity contribution in [2.75, 3.05) is 13.3 Å². The summed E-state index contributed by atoms with van der Waals surface area (Å²) in [5.74, 6) is 0. The first-order chi connectivity index (χ1) is 20.2. The average molecular weight is 680 g/mol. The number of nitriles is 1. The van der Waals surface area contributed by atoms with Crippen LogP contribution in [-0.2, 0) is 31.0 Å². The van der Waals surface area contributed by atoms with E-state index in [1.165, 1.54) is 28.1 Å². The van der Waals surface area contributed by atoms with E-state index in [0.717, 1.165) is 0 Å². The molecule has 4 rings (SSSR count). The molecule has 0 heterocycles. The summed E-state index contributed by atoms with van der Waals surface area (Å²) in [6, 6.07) is 44.5. The minimum Gasteiger partial charge on any atom is -0.222 e. The summed E-state index contributed by atoms with van der Waals surface area (Å²) in [4.78, 5) is 0. The van der Waals surface area contributed by atoms with Crippen LogP contribution < -0.4 is 39.9 Å². The van der Waals surface area contributed by atoms with Crippen LogP contribution in [0.1, 0.15) is 6.92 Å². The van der Waals surface area contributed by atoms with Crippen molar-refractivity contribution >= 4 is 37.1 Å². The second-order valence-electron chi connectivity index (χ2n) is 7.06. The van der Waals surface area contributed by atoms with Crippen LogP contribution in [0, 0.1) is 41.5 Å². The molecule has 0 aliphatic heterocycles. The molecule has 1 radical (unpaired) electrons. The molecule has 0 aromatic heterocycles. The maximum absolute atomic E-state index is 8.49. The Hall–Kier alpha value is -2.90. The first-order valence-corrected chi connectivity index (χ1v) is 16.2. The van der Waals surface area contributed by atoms with Crippen LogP contribution in [0.4, 0.5) is 0 Å². The van der Waals surface area contributed by atoms with Crippen molar-refractivity contribution in [3.8, 4) is 6.07 Å². The molecule has 225 valence electrons. The molecular weight excluding hydrogens is 651 g/mol. The maximum atomic E-state index is 8.49. The maximum Gasteiger partial charge on any atom is 0 e. The van der Waals surface area contributed by atoms with Crippen LogP contribution in [0.25, 0.3) is 0 Å². The zero-order valence-electron chi connectivity index (χ0n) is 23.5. The SMILES string of the molecule is CC#N.CP(c1ccccc1)c1ccccc1.CP(c1ccccc1)c1ccccc1.[C-]#[O+].[C-]#[O+].[C-]#[O+].[Mn].[O-][Cl+3]([O-])([O-])[O-]. The second kappa shape index (κ2) is 32.0. The monoisotopic (exact) mass is 679 g/mol. The molecule has 4 aromatic rings. The van der Waals surface area contributed by atoms with Gasteiger partial charge in [0.1, 0.15) is 0 Å². The molecule has 8 nitrogen and oxygen atoms in total. The molecule has 0 saturated carbocycles. The van der Waals surface area contributed by atoms with E-state index in [0.29, 0.717) is 0 Å². The Labute approximate surface area is 268 Å². The number of halogens is 1. The Morgan fingerprint density at radius 1 is 0.512 bits per heavy atom. The molecule has 0 atom stereocenters. The fourth-order valence-electron chi connectivity index (χ4n) is 2.90. The smallest absolute Gasteiger partial charge is 0 e. The van der Waals surface area contributed by atoms with Crippen LogP contribution in [0.3, 0.4) is 0 Å². The molecule has 0 spiro atoms. The molecule has 4 aromatic carbocycles. The van der Waals surface area contributed by atoms with Gasteiger partial charge < -0.3 is 0 Å². The zero-order chi connectivity index (χ0) is 32.8. The standard InChI is InChI=1S/2C13H13P.C2H3N.3CO.ClHO4.Mn/c2*1-14(12-8-4-2-5-9-12)13-10-6-3-7-11-13;1-2-3;3*1-2;2-1(3,4)5;/h2*2-11H,1H3;1H3;;;;(H,2,3,4,5);/p-1. The summed E-state index contributed by atoms with van der Waals surface area (Å²) >= 11 is 0. The van der Waals surface area contributed by atoms with Gasteiger partial charge in [-0.25, -0.2) is 18.6 Å². The van der Waals surface area contributed by atoms with Crippen molar-refractivity contribution < 1.29 is 59.9 Å². The van der Waals surface area contributed by atoms with Gasteiger partial charge in [0.05, 0.1) is 6.07 Å². The Morgan fingerprint density at radius 3 is 0.744 bits per heavy atom. The van der Waals surface area contributed by atoms with Crippen LogP contribution in [0.15, 0.2) is 121 Å². The minimum absolute atomic E-state index is 0. The second-order valence-corrected chi connectivity index (χ2v) is 12.1. The van der Waals surface area contributed by atoms with Gasteiger partial charge in [-0.2, -0.15) is 5.26 Å². The molecule has 0 amide bonds. The van der Waals surface area contributed by atoms with Gasteiger partial charge in [-0.3, -0.25) is 0 Å². The van der Waals surface area contributed by atoms with Gasteiger partial charge in [-0.1, -0.05) is 121 Å². The predicted molar refractivity (Wildman–Crippen MR) is 153 cm³/mol. The fraction of sp³-hybridized carbons (Fsp3) is 0.0968. The number of benzene rings is 4. The Balaban J connectivity index is -0.000000246. The first kappa shape index (κ1) is 47.0. The van der Waals surface area contributed by atoms with E-state index in [1.54, 1.807) is 6.07 Å². The van der Waals surface area contributed by atoms with Crippen molar-refractivity contribution in [2.24, 2.45) is 0 Å². The Morgan fingerprint density at radius 2 is 0.628 bits per heavy atom. The van der Waals surface area contributed by atoms with Gasteiger partial charge in [0.15, 0.2) is 0 Å². The van der Waals surface area contributed by atoms with Crippen LogP contribution in [0.5, 0.6) is 0 Å². The van der Waals surface area contributed by atoms with Crippen LogP contribution in [0.2, 0.25) is 0 Å². The summed E-state index contributed by atoms with van der Waals surface area (Å²) in [6.07, 6.45) is 0. The molecule has 0 unspecified atom stereocenters. The zero-order valence-corrected chi connectivity index (χ0v) is 27.2. The summed E-state index contributed by atoms with van der Waals surface area (Å²) < 4.78 is 56.5. The number of rotatable bonds is 4. The van der Waals surface area contributed by atoms with Gasteiger partial charge >= 0.3 is 33.9 Å². The third-order valence-corrected chi connectivity index (χ3v) is 8.86. The normalized spacial score (nSPS) is 8.51. The Bertz CT molecular complexity index is 1090. The minimum atomic E-state index is -4.94. The van der Waals surface area contributed by atoms with E-state index in [9.17, 15) is 0 Å². The number of hydrogen-bond acceptors (Lipinski definition) is 5. The van der Waals surface area contributed by atoms with Gasteiger partial charge in [0.2, 0.25) is 0 Å². The number of hydrogen-bond donors (Lipinski definition) is 0. The molecule has 0 saturated heterocycles. The number of nitrogens with zero attached hydrogens (tertiary/aromatic N) is 1. The predicted octanol–water partition coefficient (Wildman–Crippen LogP) is 1.16. The summed E-state index contributed by atoms with van der Waals surface area (Å²) in [5, 5.41) is 13.1. The van der Waals surface area contributed by atoms with E-state index in [4.69, 9.17) is 37.9 Å². The van der Waals surface area contributed by atoms with Crippen LogP contribution >= 0.6 is 15.8 Å². The third kappa shape index (κ3) is 26.5. The van der Waals surface area contributed by atoms with Crippen molar-refractivity contribution in [1.82, 2.24) is 0 Å². The van der Waals surface area contributed by atoms with Gasteiger partial charge in [-0.15, -0.1) is 10.2 Å². The topological polar surface area (TPSA) is 176 Å². The van der Waals surface area contributed by atoms with Crippen molar-refractivity contribution in [2.45, 2.75) is 6.92 Å². The summed E-state index contributed by atoms with van der Waals surface area (Å²) in [7, 11) is -5.29. The molecular formula is C31H29ClMnNO7P2-. The average Bonchev–Trinajstić information content (AvgIpc) is 3.05. The molecule has 0 fully saturated rings. The van der Waals surface area contributed by atoms with Crippen molar-refractivity contribution in [3.63, 3.8) is 0 Å². The molecule has 0 aliphatic carbocycles. The largest absolute Gasteiger partial charge is 0.222 e.